The van der Waals surface area contributed by atoms with Crippen LogP contribution in [0.2, 0.25) is 0 Å². The summed E-state index contributed by atoms with van der Waals surface area (Å²) in [5.41, 5.74) is -0.0287. The molecule has 0 radical (unpaired) electrons. The molecule has 0 bridgehead atoms. The van der Waals surface area contributed by atoms with Crippen LogP contribution >= 0.6 is 0 Å². The molecule has 0 fully saturated rings. The van der Waals surface area contributed by atoms with Crippen molar-refractivity contribution in [3.05, 3.63) is 56.8 Å². The lowest BCUT2D eigenvalue weighted by Gasteiger charge is -2.03. The van der Waals surface area contributed by atoms with E-state index in [0.29, 0.717) is 0 Å². The maximum Gasteiger partial charge on any atom is 0.358 e. The van der Waals surface area contributed by atoms with Crippen LogP contribution in [-0.2, 0) is 0 Å². The van der Waals surface area contributed by atoms with Crippen LogP contribution in [0.15, 0.2) is 24.3 Å². The summed E-state index contributed by atoms with van der Waals surface area (Å²) < 4.78 is 0. The van der Waals surface area contributed by atoms with E-state index in [1.165, 1.54) is 25.1 Å². The van der Waals surface area contributed by atoms with Gasteiger partial charge >= 0.3 is 23.7 Å². The molecule has 0 spiro atoms. The molecule has 0 amide bonds. The molecule has 0 saturated heterocycles. The molecule has 126 valence electrons. The fraction of sp³-hybridized carbons (Fsp3) is 0.0769. The zero-order valence-corrected chi connectivity index (χ0v) is 12.1. The van der Waals surface area contributed by atoms with Crippen LogP contribution in [0.25, 0.3) is 0 Å². The lowest BCUT2D eigenvalue weighted by molar-refractivity contribution is -0.389. The zero-order chi connectivity index (χ0) is 18.4. The Labute approximate surface area is 133 Å². The molecule has 0 unspecified atom stereocenters. The van der Waals surface area contributed by atoms with Crippen molar-refractivity contribution in [3.63, 3.8) is 0 Å². The Morgan fingerprint density at radius 2 is 1.58 bits per heavy atom. The molecule has 11 nitrogen and oxygen atoms in total. The highest BCUT2D eigenvalue weighted by Gasteiger charge is 2.14. The van der Waals surface area contributed by atoms with E-state index in [1.807, 2.05) is 5.10 Å². The number of hydrogen-bond donors (Lipinski definition) is 4. The molecule has 24 heavy (non-hydrogen) atoms. The van der Waals surface area contributed by atoms with Crippen molar-refractivity contribution in [1.29, 1.82) is 0 Å². The Morgan fingerprint density at radius 1 is 1.08 bits per heavy atom. The maximum absolute atomic E-state index is 10.6. The van der Waals surface area contributed by atoms with Gasteiger partial charge in [-0.2, -0.15) is 0 Å². The van der Waals surface area contributed by atoms with Crippen molar-refractivity contribution < 1.29 is 34.6 Å². The number of aromatic amines is 1. The molecule has 0 aliphatic carbocycles. The van der Waals surface area contributed by atoms with Gasteiger partial charge in [0.25, 0.3) is 0 Å². The predicted octanol–water partition coefficient (Wildman–Crippen LogP) is 1.41. The largest absolute Gasteiger partial charge is 0.478 e. The highest BCUT2D eigenvalue weighted by molar-refractivity contribution is 5.96. The van der Waals surface area contributed by atoms with Crippen LogP contribution < -0.4 is 0 Å². The van der Waals surface area contributed by atoms with Crippen molar-refractivity contribution in [2.24, 2.45) is 0 Å². The van der Waals surface area contributed by atoms with Crippen LogP contribution in [0, 0.1) is 17.0 Å². The second kappa shape index (κ2) is 7.49. The summed E-state index contributed by atoms with van der Waals surface area (Å²) >= 11 is 0. The molecule has 1 heterocycles. The van der Waals surface area contributed by atoms with E-state index < -0.39 is 28.6 Å². The number of benzene rings is 1. The Hall–Kier alpha value is -3.76. The first kappa shape index (κ1) is 18.3. The summed E-state index contributed by atoms with van der Waals surface area (Å²) in [5.74, 6) is -3.95. The fourth-order valence-electron chi connectivity index (χ4n) is 1.61. The molecule has 2 aromatic rings. The first-order valence-electron chi connectivity index (χ1n) is 6.14. The van der Waals surface area contributed by atoms with Crippen LogP contribution in [0.3, 0.4) is 0 Å². The molecular formula is C13H11N3O8. The minimum absolute atomic E-state index is 0.0277. The van der Waals surface area contributed by atoms with E-state index in [9.17, 15) is 24.5 Å². The number of carboxylic acid groups (broad SMARTS) is 3. The van der Waals surface area contributed by atoms with E-state index in [1.54, 1.807) is 0 Å². The van der Waals surface area contributed by atoms with Gasteiger partial charge in [0.15, 0.2) is 5.69 Å². The van der Waals surface area contributed by atoms with Crippen LogP contribution in [0.4, 0.5) is 5.82 Å². The topological polar surface area (TPSA) is 184 Å². The average Bonchev–Trinajstić information content (AvgIpc) is 2.97. The standard InChI is InChI=1S/C9H8O4.C4H3N3O4/c1-5-6(8(10)11)3-2-4-7(5)9(12)13;8-4(9)2-1-3(6-5-2)7(10)11/h2-4H,1H3,(H,10,11)(H,12,13);1H,(H,5,6)(H,8,9). The van der Waals surface area contributed by atoms with Gasteiger partial charge in [-0.3, -0.25) is 0 Å². The average molecular weight is 337 g/mol. The van der Waals surface area contributed by atoms with Crippen molar-refractivity contribution >= 4 is 23.7 Å². The third-order valence-corrected chi connectivity index (χ3v) is 2.77. The van der Waals surface area contributed by atoms with E-state index in [4.69, 9.17) is 15.3 Å². The first-order valence-corrected chi connectivity index (χ1v) is 6.14. The number of aromatic nitrogens is 2. The van der Waals surface area contributed by atoms with Gasteiger partial charge in [-0.05, 0) is 29.5 Å². The number of carboxylic acids is 3. The molecule has 2 rings (SSSR count). The summed E-state index contributed by atoms with van der Waals surface area (Å²) in [6.07, 6.45) is 0. The highest BCUT2D eigenvalue weighted by Crippen LogP contribution is 2.13. The van der Waals surface area contributed by atoms with Gasteiger partial charge in [-0.25, -0.2) is 14.4 Å². The monoisotopic (exact) mass is 337 g/mol. The Kier molecular flexibility index (Phi) is 5.71. The highest BCUT2D eigenvalue weighted by atomic mass is 16.6. The summed E-state index contributed by atoms with van der Waals surface area (Å²) in [4.78, 5) is 40.6. The molecule has 0 aliphatic heterocycles. The van der Waals surface area contributed by atoms with Gasteiger partial charge in [-0.15, -0.1) is 5.10 Å². The van der Waals surface area contributed by atoms with Crippen LogP contribution in [-0.4, -0.2) is 48.3 Å². The minimum Gasteiger partial charge on any atom is -0.478 e. The molecule has 0 atom stereocenters. The number of nitrogens with one attached hydrogen (secondary N) is 1. The third kappa shape index (κ3) is 4.37. The van der Waals surface area contributed by atoms with E-state index in [2.05, 4.69) is 5.10 Å². The normalized spacial score (nSPS) is 9.54. The van der Waals surface area contributed by atoms with Gasteiger partial charge in [0.1, 0.15) is 0 Å². The quantitative estimate of drug-likeness (QED) is 0.473. The minimum atomic E-state index is -1.30. The van der Waals surface area contributed by atoms with Gasteiger partial charge in [0, 0.05) is 0 Å². The third-order valence-electron chi connectivity index (χ3n) is 2.77. The Balaban J connectivity index is 0.000000243. The Bertz CT molecular complexity index is 751. The number of hydrogen-bond acceptors (Lipinski definition) is 6. The molecule has 0 aliphatic rings. The molecule has 0 saturated carbocycles. The van der Waals surface area contributed by atoms with Crippen molar-refractivity contribution in [2.75, 3.05) is 0 Å². The molecule has 1 aromatic heterocycles. The molecule has 1 aromatic carbocycles. The number of aromatic carboxylic acids is 3. The number of rotatable bonds is 4. The van der Waals surface area contributed by atoms with E-state index in [-0.39, 0.29) is 22.4 Å². The summed E-state index contributed by atoms with van der Waals surface area (Å²) in [6, 6.07) is 5.02. The summed E-state index contributed by atoms with van der Waals surface area (Å²) in [7, 11) is 0. The molecule has 4 N–H and O–H groups in total. The predicted molar refractivity (Wildman–Crippen MR) is 77.3 cm³/mol. The lowest BCUT2D eigenvalue weighted by atomic mass is 10.0. The van der Waals surface area contributed by atoms with Gasteiger partial charge in [0.2, 0.25) is 0 Å². The molecule has 11 heteroatoms. The zero-order valence-electron chi connectivity index (χ0n) is 12.1. The number of H-pyrrole nitrogens is 1. The van der Waals surface area contributed by atoms with Crippen LogP contribution in [0.1, 0.15) is 36.8 Å². The SMILES string of the molecule is Cc1c(C(=O)O)cccc1C(=O)O.O=C(O)c1cc([N+](=O)[O-])[nH]n1. The molecular weight excluding hydrogens is 326 g/mol. The number of nitro groups is 1. The van der Waals surface area contributed by atoms with Crippen molar-refractivity contribution in [3.8, 4) is 0 Å². The Morgan fingerprint density at radius 3 is 1.88 bits per heavy atom. The van der Waals surface area contributed by atoms with E-state index >= 15 is 0 Å². The van der Waals surface area contributed by atoms with Crippen LogP contribution in [0.5, 0.6) is 0 Å². The van der Waals surface area contributed by atoms with Gasteiger partial charge in [-0.1, -0.05) is 11.2 Å². The fourth-order valence-corrected chi connectivity index (χ4v) is 1.61. The van der Waals surface area contributed by atoms with Gasteiger partial charge in [0.05, 0.1) is 17.2 Å². The summed E-state index contributed by atoms with van der Waals surface area (Å²) in [5, 5.41) is 40.7. The van der Waals surface area contributed by atoms with Crippen molar-refractivity contribution in [1.82, 2.24) is 10.2 Å². The maximum atomic E-state index is 10.6. The smallest absolute Gasteiger partial charge is 0.358 e. The first-order chi connectivity index (χ1) is 11.1. The van der Waals surface area contributed by atoms with E-state index in [0.717, 1.165) is 6.07 Å². The second-order valence-corrected chi connectivity index (χ2v) is 4.29. The lowest BCUT2D eigenvalue weighted by Crippen LogP contribution is -2.06. The van der Waals surface area contributed by atoms with Gasteiger partial charge < -0.3 is 25.4 Å². The van der Waals surface area contributed by atoms with Crippen molar-refractivity contribution in [2.45, 2.75) is 6.92 Å². The number of nitrogens with zero attached hydrogens (tertiary/aromatic N) is 2. The summed E-state index contributed by atoms with van der Waals surface area (Å²) in [6.45, 7) is 1.48. The second-order valence-electron chi connectivity index (χ2n) is 4.29. The number of carbonyl (C=O) groups is 3.